The molecule has 1 unspecified atom stereocenters. The maximum Gasteiger partial charge on any atom is 0.274 e. The molecule has 0 fully saturated rings. The van der Waals surface area contributed by atoms with Crippen molar-refractivity contribution in [1.82, 2.24) is 0 Å². The number of hydrogen-bond acceptors (Lipinski definition) is 3. The summed E-state index contributed by atoms with van der Waals surface area (Å²) < 4.78 is 1.12. The fourth-order valence-electron chi connectivity index (χ4n) is 1.11. The molecular weight excluding hydrogens is 311 g/mol. The van der Waals surface area contributed by atoms with E-state index in [9.17, 15) is 4.79 Å². The lowest BCUT2D eigenvalue weighted by Gasteiger charge is -2.00. The van der Waals surface area contributed by atoms with Gasteiger partial charge in [-0.3, -0.25) is 4.79 Å². The molecule has 3 nitrogen and oxygen atoms in total. The van der Waals surface area contributed by atoms with Gasteiger partial charge >= 0.3 is 0 Å². The van der Waals surface area contributed by atoms with Gasteiger partial charge in [-0.15, -0.1) is 0 Å². The van der Waals surface area contributed by atoms with Gasteiger partial charge in [-0.25, -0.2) is 4.99 Å². The highest BCUT2D eigenvalue weighted by Gasteiger charge is 2.25. The van der Waals surface area contributed by atoms with Crippen LogP contribution in [0, 0.1) is 3.57 Å². The third-order valence-electron chi connectivity index (χ3n) is 1.77. The lowest BCUT2D eigenvalue weighted by Crippen LogP contribution is -2.21. The largest absolute Gasteiger partial charge is 0.311 e. The number of halogens is 1. The minimum atomic E-state index is -0.525. The van der Waals surface area contributed by atoms with E-state index in [1.54, 1.807) is 0 Å². The third kappa shape index (κ3) is 1.99. The number of thioether (sulfide) groups is 1. The molecule has 0 bridgehead atoms. The Morgan fingerprint density at radius 2 is 2.29 bits per heavy atom. The van der Waals surface area contributed by atoms with Gasteiger partial charge in [0, 0.05) is 9.13 Å². The Kier molecular flexibility index (Phi) is 2.89. The quantitative estimate of drug-likeness (QED) is 0.800. The number of nitrogens with zero attached hydrogens (tertiary/aromatic N) is 1. The van der Waals surface area contributed by atoms with Gasteiger partial charge in [0.1, 0.15) is 10.4 Å². The Labute approximate surface area is 99.3 Å². The van der Waals surface area contributed by atoms with Gasteiger partial charge in [-0.2, -0.15) is 0 Å². The molecule has 72 valence electrons. The first kappa shape index (κ1) is 10.1. The lowest BCUT2D eigenvalue weighted by atomic mass is 10.2. The first-order valence-electron chi connectivity index (χ1n) is 3.97. The van der Waals surface area contributed by atoms with Crippen molar-refractivity contribution in [2.75, 3.05) is 0 Å². The second kappa shape index (κ2) is 4.00. The van der Waals surface area contributed by atoms with Crippen LogP contribution in [0.1, 0.15) is 5.56 Å². The van der Waals surface area contributed by atoms with Gasteiger partial charge in [0.05, 0.1) is 0 Å². The third-order valence-corrected chi connectivity index (χ3v) is 3.44. The maximum absolute atomic E-state index is 11.1. The first-order valence-corrected chi connectivity index (χ1v) is 5.93. The second-order valence-electron chi connectivity index (χ2n) is 2.80. The van der Waals surface area contributed by atoms with Crippen molar-refractivity contribution in [3.63, 3.8) is 0 Å². The van der Waals surface area contributed by atoms with Crippen LogP contribution >= 0.6 is 34.4 Å². The summed E-state index contributed by atoms with van der Waals surface area (Å²) in [6, 6.07) is 7.84. The summed E-state index contributed by atoms with van der Waals surface area (Å²) in [5.41, 5.74) is 6.50. The van der Waals surface area contributed by atoms with Crippen molar-refractivity contribution >= 4 is 45.3 Å². The molecule has 0 spiro atoms. The second-order valence-corrected chi connectivity index (χ2v) is 5.18. The minimum Gasteiger partial charge on any atom is -0.311 e. The van der Waals surface area contributed by atoms with Gasteiger partial charge in [-0.05, 0) is 34.7 Å². The molecule has 0 aromatic heterocycles. The van der Waals surface area contributed by atoms with Crippen molar-refractivity contribution in [3.05, 3.63) is 33.4 Å². The number of nitrogens with two attached hydrogens (primary N) is 1. The van der Waals surface area contributed by atoms with E-state index >= 15 is 0 Å². The summed E-state index contributed by atoms with van der Waals surface area (Å²) in [5.74, 6) is -0.246. The van der Waals surface area contributed by atoms with Crippen LogP contribution in [0.5, 0.6) is 0 Å². The number of hydrogen-bond donors (Lipinski definition) is 1. The molecule has 1 atom stereocenters. The molecule has 5 heteroatoms. The SMILES string of the molecule is NC1SC(c2cccc(I)c2)=NC1=O. The van der Waals surface area contributed by atoms with E-state index in [-0.39, 0.29) is 5.91 Å². The van der Waals surface area contributed by atoms with Crippen LogP contribution in [0.4, 0.5) is 0 Å². The minimum absolute atomic E-state index is 0.246. The molecule has 2 N–H and O–H groups in total. The van der Waals surface area contributed by atoms with Crippen molar-refractivity contribution < 1.29 is 4.79 Å². The Morgan fingerprint density at radius 1 is 1.50 bits per heavy atom. The molecule has 0 saturated carbocycles. The van der Waals surface area contributed by atoms with Gasteiger partial charge in [-0.1, -0.05) is 23.9 Å². The Balaban J connectivity index is 2.33. The number of benzene rings is 1. The molecule has 1 amide bonds. The Morgan fingerprint density at radius 3 is 2.86 bits per heavy atom. The van der Waals surface area contributed by atoms with Crippen LogP contribution in [0.3, 0.4) is 0 Å². The van der Waals surface area contributed by atoms with Crippen LogP contribution in [0.15, 0.2) is 29.3 Å². The zero-order valence-electron chi connectivity index (χ0n) is 7.11. The van der Waals surface area contributed by atoms with E-state index in [4.69, 9.17) is 5.73 Å². The van der Waals surface area contributed by atoms with Gasteiger partial charge in [0.15, 0.2) is 0 Å². The molecule has 1 aliphatic heterocycles. The zero-order valence-corrected chi connectivity index (χ0v) is 10.1. The summed E-state index contributed by atoms with van der Waals surface area (Å²) in [6.45, 7) is 0. The molecule has 0 radical (unpaired) electrons. The Bertz CT molecular complexity index is 419. The standard InChI is InChI=1S/C9H7IN2OS/c10-6-3-1-2-5(4-6)9-12-8(13)7(11)14-9/h1-4,7H,11H2. The van der Waals surface area contributed by atoms with Gasteiger partial charge < -0.3 is 5.73 Å². The van der Waals surface area contributed by atoms with Crippen molar-refractivity contribution in [1.29, 1.82) is 0 Å². The van der Waals surface area contributed by atoms with Crippen molar-refractivity contribution in [2.24, 2.45) is 10.7 Å². The average Bonchev–Trinajstić information content (AvgIpc) is 2.47. The van der Waals surface area contributed by atoms with E-state index in [0.29, 0.717) is 0 Å². The average molecular weight is 318 g/mol. The van der Waals surface area contributed by atoms with Gasteiger partial charge in [0.2, 0.25) is 0 Å². The molecule has 1 aromatic carbocycles. The summed E-state index contributed by atoms with van der Waals surface area (Å²) in [7, 11) is 0. The fraction of sp³-hybridized carbons (Fsp3) is 0.111. The zero-order chi connectivity index (χ0) is 10.1. The van der Waals surface area contributed by atoms with Crippen LogP contribution < -0.4 is 5.73 Å². The van der Waals surface area contributed by atoms with E-state index in [1.165, 1.54) is 11.8 Å². The summed E-state index contributed by atoms with van der Waals surface area (Å²) in [6.07, 6.45) is 0. The molecule has 1 aromatic rings. The molecule has 1 heterocycles. The van der Waals surface area contributed by atoms with Crippen LogP contribution in [-0.4, -0.2) is 16.3 Å². The Hall–Kier alpha value is -0.400. The predicted molar refractivity (Wildman–Crippen MR) is 66.3 cm³/mol. The van der Waals surface area contributed by atoms with E-state index in [2.05, 4.69) is 27.6 Å². The van der Waals surface area contributed by atoms with Crippen LogP contribution in [-0.2, 0) is 4.79 Å². The van der Waals surface area contributed by atoms with E-state index in [1.807, 2.05) is 24.3 Å². The molecule has 1 aliphatic rings. The highest BCUT2D eigenvalue weighted by Crippen LogP contribution is 2.24. The van der Waals surface area contributed by atoms with Crippen LogP contribution in [0.25, 0.3) is 0 Å². The smallest absolute Gasteiger partial charge is 0.274 e. The number of amides is 1. The number of carbonyl (C=O) groups excluding carboxylic acids is 1. The summed E-state index contributed by atoms with van der Waals surface area (Å²) >= 11 is 3.53. The highest BCUT2D eigenvalue weighted by atomic mass is 127. The molecule has 0 aliphatic carbocycles. The van der Waals surface area contributed by atoms with Crippen molar-refractivity contribution in [3.8, 4) is 0 Å². The summed E-state index contributed by atoms with van der Waals surface area (Å²) in [4.78, 5) is 15.0. The topological polar surface area (TPSA) is 55.4 Å². The molecular formula is C9H7IN2OS. The van der Waals surface area contributed by atoms with Crippen molar-refractivity contribution in [2.45, 2.75) is 5.37 Å². The normalized spacial score (nSPS) is 21.1. The molecule has 0 saturated heterocycles. The van der Waals surface area contributed by atoms with Gasteiger partial charge in [0.25, 0.3) is 5.91 Å². The van der Waals surface area contributed by atoms with E-state index in [0.717, 1.165) is 14.2 Å². The fourth-order valence-corrected chi connectivity index (χ4v) is 2.46. The predicted octanol–water partition coefficient (Wildman–Crippen LogP) is 1.60. The molecule has 14 heavy (non-hydrogen) atoms. The van der Waals surface area contributed by atoms with Crippen LogP contribution in [0.2, 0.25) is 0 Å². The lowest BCUT2D eigenvalue weighted by molar-refractivity contribution is -0.117. The number of carbonyl (C=O) groups is 1. The highest BCUT2D eigenvalue weighted by molar-refractivity contribution is 14.1. The van der Waals surface area contributed by atoms with E-state index < -0.39 is 5.37 Å². The number of aliphatic imine (C=N–C) groups is 1. The first-order chi connectivity index (χ1) is 6.66. The summed E-state index contributed by atoms with van der Waals surface area (Å²) in [5, 5.41) is 0.198. The maximum atomic E-state index is 11.1. The number of rotatable bonds is 1. The molecule has 2 rings (SSSR count). The monoisotopic (exact) mass is 318 g/mol.